The van der Waals surface area contributed by atoms with E-state index in [1.165, 1.54) is 11.8 Å². The average Bonchev–Trinajstić information content (AvgIpc) is 2.61. The van der Waals surface area contributed by atoms with E-state index in [2.05, 4.69) is 16.6 Å². The molecule has 0 saturated heterocycles. The van der Waals surface area contributed by atoms with Crippen molar-refractivity contribution in [2.45, 2.75) is 17.1 Å². The Labute approximate surface area is 146 Å². The number of para-hydroxylation sites is 1. The van der Waals surface area contributed by atoms with Crippen LogP contribution >= 0.6 is 11.8 Å². The first-order chi connectivity index (χ1) is 11.6. The molecule has 1 atom stereocenters. The molecule has 2 aromatic rings. The lowest BCUT2D eigenvalue weighted by molar-refractivity contribution is -0.115. The number of thioether (sulfide) groups is 1. The Hall–Kier alpha value is -2.71. The number of anilines is 1. The van der Waals surface area contributed by atoms with Gasteiger partial charge in [0, 0.05) is 4.90 Å². The highest BCUT2D eigenvalue weighted by atomic mass is 32.2. The van der Waals surface area contributed by atoms with Gasteiger partial charge in [-0.2, -0.15) is 0 Å². The highest BCUT2D eigenvalue weighted by molar-refractivity contribution is 8.00. The number of amides is 2. The Morgan fingerprint density at radius 2 is 1.79 bits per heavy atom. The van der Waals surface area contributed by atoms with Gasteiger partial charge in [0.25, 0.3) is 5.91 Å². The molecule has 2 N–H and O–H groups in total. The van der Waals surface area contributed by atoms with Gasteiger partial charge in [0.2, 0.25) is 5.91 Å². The Bertz CT molecular complexity index is 753. The maximum Gasteiger partial charge on any atom is 0.254 e. The molecule has 122 valence electrons. The summed E-state index contributed by atoms with van der Waals surface area (Å²) in [6.45, 7) is 1.97. The summed E-state index contributed by atoms with van der Waals surface area (Å²) in [5, 5.41) is 5.12. The molecule has 1 unspecified atom stereocenters. The van der Waals surface area contributed by atoms with Gasteiger partial charge < -0.3 is 10.6 Å². The molecule has 0 aromatic heterocycles. The number of hydrogen-bond donors (Lipinski definition) is 2. The molecule has 0 saturated carbocycles. The van der Waals surface area contributed by atoms with Crippen LogP contribution in [0.3, 0.4) is 0 Å². The van der Waals surface area contributed by atoms with Crippen molar-refractivity contribution in [2.75, 3.05) is 11.9 Å². The number of hydrogen-bond acceptors (Lipinski definition) is 3. The van der Waals surface area contributed by atoms with E-state index in [9.17, 15) is 9.59 Å². The molecule has 2 aromatic carbocycles. The number of carbonyl (C=O) groups is 2. The molecule has 0 aliphatic heterocycles. The quantitative estimate of drug-likeness (QED) is 0.628. The van der Waals surface area contributed by atoms with Crippen molar-refractivity contribution in [1.29, 1.82) is 0 Å². The maximum absolute atomic E-state index is 12.4. The molecule has 2 rings (SSSR count). The number of nitrogens with one attached hydrogen (secondary N) is 2. The molecule has 2 amide bonds. The van der Waals surface area contributed by atoms with E-state index in [0.29, 0.717) is 11.3 Å². The van der Waals surface area contributed by atoms with Crippen molar-refractivity contribution in [3.05, 3.63) is 60.2 Å². The monoisotopic (exact) mass is 338 g/mol. The third-order valence-electron chi connectivity index (χ3n) is 3.21. The second-order valence-corrected chi connectivity index (χ2v) is 6.41. The van der Waals surface area contributed by atoms with E-state index in [1.54, 1.807) is 24.3 Å². The summed E-state index contributed by atoms with van der Waals surface area (Å²) in [5.41, 5.74) is 0.857. The Morgan fingerprint density at radius 1 is 1.12 bits per heavy atom. The highest BCUT2D eigenvalue weighted by Crippen LogP contribution is 2.24. The SMILES string of the molecule is C#CCNC(=O)c1ccccc1NC(=O)C(C)Sc1ccccc1. The average molecular weight is 338 g/mol. The summed E-state index contributed by atoms with van der Waals surface area (Å²) >= 11 is 1.46. The zero-order valence-corrected chi connectivity index (χ0v) is 14.1. The lowest BCUT2D eigenvalue weighted by atomic mass is 10.1. The van der Waals surface area contributed by atoms with Crippen LogP contribution in [0, 0.1) is 12.3 Å². The van der Waals surface area contributed by atoms with Gasteiger partial charge in [0.1, 0.15) is 0 Å². The second-order valence-electron chi connectivity index (χ2n) is 4.99. The fourth-order valence-corrected chi connectivity index (χ4v) is 2.90. The first-order valence-corrected chi connectivity index (χ1v) is 8.33. The molecular formula is C19H18N2O2S. The van der Waals surface area contributed by atoms with E-state index >= 15 is 0 Å². The van der Waals surface area contributed by atoms with Crippen LogP contribution in [0.2, 0.25) is 0 Å². The molecular weight excluding hydrogens is 320 g/mol. The van der Waals surface area contributed by atoms with Gasteiger partial charge in [0.15, 0.2) is 0 Å². The zero-order chi connectivity index (χ0) is 17.4. The minimum absolute atomic E-state index is 0.140. The predicted molar refractivity (Wildman–Crippen MR) is 98.0 cm³/mol. The van der Waals surface area contributed by atoms with E-state index in [4.69, 9.17) is 6.42 Å². The van der Waals surface area contributed by atoms with Gasteiger partial charge in [-0.15, -0.1) is 18.2 Å². The Balaban J connectivity index is 2.06. The lowest BCUT2D eigenvalue weighted by Gasteiger charge is -2.14. The third-order valence-corrected chi connectivity index (χ3v) is 4.32. The number of benzene rings is 2. The number of carbonyl (C=O) groups excluding carboxylic acids is 2. The van der Waals surface area contributed by atoms with Gasteiger partial charge >= 0.3 is 0 Å². The van der Waals surface area contributed by atoms with Gasteiger partial charge in [-0.1, -0.05) is 36.3 Å². The van der Waals surface area contributed by atoms with Crippen LogP contribution in [0.4, 0.5) is 5.69 Å². The van der Waals surface area contributed by atoms with E-state index in [-0.39, 0.29) is 23.6 Å². The fraction of sp³-hybridized carbons (Fsp3) is 0.158. The van der Waals surface area contributed by atoms with Crippen LogP contribution in [0.1, 0.15) is 17.3 Å². The zero-order valence-electron chi connectivity index (χ0n) is 13.3. The third kappa shape index (κ3) is 4.90. The van der Waals surface area contributed by atoms with Crippen LogP contribution in [-0.2, 0) is 4.79 Å². The smallest absolute Gasteiger partial charge is 0.254 e. The summed E-state index contributed by atoms with van der Waals surface area (Å²) in [6, 6.07) is 16.5. The molecule has 0 aliphatic rings. The summed E-state index contributed by atoms with van der Waals surface area (Å²) in [6.07, 6.45) is 5.15. The molecule has 0 spiro atoms. The molecule has 0 radical (unpaired) electrons. The predicted octanol–water partition coefficient (Wildman–Crippen LogP) is 3.17. The first kappa shape index (κ1) is 17.6. The van der Waals surface area contributed by atoms with Crippen LogP contribution in [0.25, 0.3) is 0 Å². The molecule has 0 aliphatic carbocycles. The topological polar surface area (TPSA) is 58.2 Å². The Kier molecular flexibility index (Phi) is 6.47. The second kappa shape index (κ2) is 8.80. The first-order valence-electron chi connectivity index (χ1n) is 7.45. The summed E-state index contributed by atoms with van der Waals surface area (Å²) in [7, 11) is 0. The van der Waals surface area contributed by atoms with Gasteiger partial charge in [-0.3, -0.25) is 9.59 Å². The summed E-state index contributed by atoms with van der Waals surface area (Å²) in [5.74, 6) is 1.87. The maximum atomic E-state index is 12.4. The van der Waals surface area contributed by atoms with Crippen LogP contribution in [0.5, 0.6) is 0 Å². The molecule has 0 bridgehead atoms. The van der Waals surface area contributed by atoms with Crippen molar-refractivity contribution in [3.8, 4) is 12.3 Å². The van der Waals surface area contributed by atoms with E-state index in [0.717, 1.165) is 4.90 Å². The van der Waals surface area contributed by atoms with Crippen LogP contribution in [0.15, 0.2) is 59.5 Å². The lowest BCUT2D eigenvalue weighted by Crippen LogP contribution is -2.27. The Morgan fingerprint density at radius 3 is 2.50 bits per heavy atom. The van der Waals surface area contributed by atoms with Gasteiger partial charge in [-0.05, 0) is 31.2 Å². The standard InChI is InChI=1S/C19H18N2O2S/c1-3-13-20-19(23)16-11-7-8-12-17(16)21-18(22)14(2)24-15-9-5-4-6-10-15/h1,4-12,14H,13H2,2H3,(H,20,23)(H,21,22). The summed E-state index contributed by atoms with van der Waals surface area (Å²) in [4.78, 5) is 25.5. The molecule has 0 fully saturated rings. The van der Waals surface area contributed by atoms with Crippen LogP contribution in [-0.4, -0.2) is 23.6 Å². The van der Waals surface area contributed by atoms with Crippen LogP contribution < -0.4 is 10.6 Å². The fourth-order valence-electron chi connectivity index (χ4n) is 2.01. The molecule has 0 heterocycles. The largest absolute Gasteiger partial charge is 0.341 e. The van der Waals surface area contributed by atoms with Crippen molar-refractivity contribution < 1.29 is 9.59 Å². The van der Waals surface area contributed by atoms with E-state index in [1.807, 2.05) is 37.3 Å². The highest BCUT2D eigenvalue weighted by Gasteiger charge is 2.17. The van der Waals surface area contributed by atoms with Gasteiger partial charge in [-0.25, -0.2) is 0 Å². The summed E-state index contributed by atoms with van der Waals surface area (Å²) < 4.78 is 0. The number of rotatable bonds is 6. The molecule has 4 nitrogen and oxygen atoms in total. The van der Waals surface area contributed by atoms with E-state index < -0.39 is 0 Å². The van der Waals surface area contributed by atoms with Crippen molar-refractivity contribution in [1.82, 2.24) is 5.32 Å². The normalized spacial score (nSPS) is 11.2. The minimum atomic E-state index is -0.313. The number of terminal acetylenes is 1. The molecule has 5 heteroatoms. The van der Waals surface area contributed by atoms with Crippen molar-refractivity contribution in [3.63, 3.8) is 0 Å². The van der Waals surface area contributed by atoms with Crippen molar-refractivity contribution >= 4 is 29.3 Å². The van der Waals surface area contributed by atoms with Crippen molar-refractivity contribution in [2.24, 2.45) is 0 Å². The minimum Gasteiger partial charge on any atom is -0.341 e. The van der Waals surface area contributed by atoms with Gasteiger partial charge in [0.05, 0.1) is 23.0 Å². The molecule has 24 heavy (non-hydrogen) atoms.